The van der Waals surface area contributed by atoms with E-state index < -0.39 is 0 Å². The maximum absolute atomic E-state index is 12.0. The highest BCUT2D eigenvalue weighted by Gasteiger charge is 2.09. The van der Waals surface area contributed by atoms with Gasteiger partial charge in [-0.05, 0) is 48.9 Å². The van der Waals surface area contributed by atoms with Crippen molar-refractivity contribution in [1.29, 1.82) is 0 Å². The van der Waals surface area contributed by atoms with Gasteiger partial charge in [0.05, 0.1) is 12.0 Å². The van der Waals surface area contributed by atoms with E-state index in [1.54, 1.807) is 55.5 Å². The Balaban J connectivity index is 1.62. The first-order chi connectivity index (χ1) is 12.6. The fourth-order valence-electron chi connectivity index (χ4n) is 2.25. The second kappa shape index (κ2) is 7.94. The summed E-state index contributed by atoms with van der Waals surface area (Å²) in [7, 11) is 0. The zero-order valence-corrected chi connectivity index (χ0v) is 14.1. The van der Waals surface area contributed by atoms with Gasteiger partial charge < -0.3 is 9.73 Å². The summed E-state index contributed by atoms with van der Waals surface area (Å²) in [6.45, 7) is 1.79. The fourth-order valence-corrected chi connectivity index (χ4v) is 2.25. The van der Waals surface area contributed by atoms with Gasteiger partial charge in [0.25, 0.3) is 11.8 Å². The van der Waals surface area contributed by atoms with Crippen molar-refractivity contribution in [2.45, 2.75) is 6.92 Å². The van der Waals surface area contributed by atoms with E-state index in [0.29, 0.717) is 17.0 Å². The summed E-state index contributed by atoms with van der Waals surface area (Å²) in [4.78, 5) is 23.9. The molecule has 6 nitrogen and oxygen atoms in total. The molecule has 2 N–H and O–H groups in total. The average Bonchev–Trinajstić information content (AvgIpc) is 3.22. The first-order valence-corrected chi connectivity index (χ1v) is 7.98. The summed E-state index contributed by atoms with van der Waals surface area (Å²) < 4.78 is 5.05. The van der Waals surface area contributed by atoms with Crippen LogP contribution in [0.3, 0.4) is 0 Å². The Morgan fingerprint density at radius 2 is 1.58 bits per heavy atom. The van der Waals surface area contributed by atoms with Gasteiger partial charge in [-0.15, -0.1) is 0 Å². The van der Waals surface area contributed by atoms with Gasteiger partial charge >= 0.3 is 0 Å². The zero-order chi connectivity index (χ0) is 18.4. The van der Waals surface area contributed by atoms with Gasteiger partial charge in [0.15, 0.2) is 5.76 Å². The van der Waals surface area contributed by atoms with E-state index in [1.165, 1.54) is 6.26 Å². The van der Waals surface area contributed by atoms with E-state index in [1.807, 2.05) is 18.2 Å². The number of carbonyl (C=O) groups excluding carboxylic acids is 2. The molecule has 0 aliphatic heterocycles. The van der Waals surface area contributed by atoms with Crippen molar-refractivity contribution in [2.24, 2.45) is 5.10 Å². The van der Waals surface area contributed by atoms with Gasteiger partial charge in [0, 0.05) is 11.3 Å². The van der Waals surface area contributed by atoms with Crippen LogP contribution in [0.2, 0.25) is 0 Å². The molecular formula is C20H17N3O3. The van der Waals surface area contributed by atoms with Gasteiger partial charge in [-0.25, -0.2) is 5.43 Å². The van der Waals surface area contributed by atoms with E-state index in [0.717, 1.165) is 5.56 Å². The molecule has 0 aliphatic carbocycles. The predicted octanol–water partition coefficient (Wildman–Crippen LogP) is 3.69. The maximum Gasteiger partial charge on any atom is 0.291 e. The number of rotatable bonds is 5. The number of anilines is 1. The van der Waals surface area contributed by atoms with Crippen LogP contribution in [0, 0.1) is 0 Å². The minimum atomic E-state index is -0.316. The number of furan rings is 1. The molecule has 2 aromatic carbocycles. The van der Waals surface area contributed by atoms with Crippen LogP contribution in [0.1, 0.15) is 33.4 Å². The third kappa shape index (κ3) is 4.24. The van der Waals surface area contributed by atoms with Crippen molar-refractivity contribution in [2.75, 3.05) is 5.32 Å². The summed E-state index contributed by atoms with van der Waals surface area (Å²) in [5.74, 6) is -0.342. The van der Waals surface area contributed by atoms with Crippen LogP contribution in [-0.4, -0.2) is 17.5 Å². The van der Waals surface area contributed by atoms with Crippen molar-refractivity contribution in [3.8, 4) is 0 Å². The van der Waals surface area contributed by atoms with Crippen LogP contribution >= 0.6 is 0 Å². The third-order valence-electron chi connectivity index (χ3n) is 3.67. The van der Waals surface area contributed by atoms with E-state index in [9.17, 15) is 9.59 Å². The van der Waals surface area contributed by atoms with Crippen LogP contribution in [0.4, 0.5) is 5.69 Å². The summed E-state index contributed by atoms with van der Waals surface area (Å²) in [5.41, 5.74) is 5.19. The Bertz CT molecular complexity index is 915. The van der Waals surface area contributed by atoms with E-state index >= 15 is 0 Å². The van der Waals surface area contributed by atoms with Crippen LogP contribution in [-0.2, 0) is 0 Å². The SMILES string of the molecule is C/C(=N\NC(=O)c1ccccc1)c1ccc(NC(=O)c2ccco2)cc1. The summed E-state index contributed by atoms with van der Waals surface area (Å²) in [6.07, 6.45) is 1.45. The molecule has 6 heteroatoms. The molecule has 0 aliphatic rings. The number of nitrogens with one attached hydrogen (secondary N) is 2. The van der Waals surface area contributed by atoms with Crippen molar-refractivity contribution in [3.63, 3.8) is 0 Å². The Labute approximate surface area is 150 Å². The number of hydrogen-bond acceptors (Lipinski definition) is 4. The molecule has 0 radical (unpaired) electrons. The van der Waals surface area contributed by atoms with E-state index in [4.69, 9.17) is 4.42 Å². The van der Waals surface area contributed by atoms with Crippen molar-refractivity contribution < 1.29 is 14.0 Å². The first-order valence-electron chi connectivity index (χ1n) is 7.98. The highest BCUT2D eigenvalue weighted by atomic mass is 16.3. The lowest BCUT2D eigenvalue weighted by Gasteiger charge is -2.06. The molecular weight excluding hydrogens is 330 g/mol. The van der Waals surface area contributed by atoms with Crippen molar-refractivity contribution in [3.05, 3.63) is 89.9 Å². The van der Waals surface area contributed by atoms with Gasteiger partial charge in [-0.1, -0.05) is 30.3 Å². The lowest BCUT2D eigenvalue weighted by molar-refractivity contribution is 0.0953. The zero-order valence-electron chi connectivity index (χ0n) is 14.1. The molecule has 130 valence electrons. The normalized spacial score (nSPS) is 11.0. The number of hydrogen-bond donors (Lipinski definition) is 2. The summed E-state index contributed by atoms with van der Waals surface area (Å²) >= 11 is 0. The molecule has 0 saturated carbocycles. The Hall–Kier alpha value is -3.67. The van der Waals surface area contributed by atoms with Gasteiger partial charge in [0.1, 0.15) is 0 Å². The molecule has 3 rings (SSSR count). The van der Waals surface area contributed by atoms with Crippen molar-refractivity contribution >= 4 is 23.2 Å². The predicted molar refractivity (Wildman–Crippen MR) is 99.2 cm³/mol. The lowest BCUT2D eigenvalue weighted by atomic mass is 10.1. The Morgan fingerprint density at radius 3 is 2.23 bits per heavy atom. The molecule has 0 fully saturated rings. The number of hydrazone groups is 1. The summed E-state index contributed by atoms with van der Waals surface area (Å²) in [5, 5.41) is 6.86. The molecule has 26 heavy (non-hydrogen) atoms. The quantitative estimate of drug-likeness (QED) is 0.545. The summed E-state index contributed by atoms with van der Waals surface area (Å²) in [6, 6.07) is 19.3. The first kappa shape index (κ1) is 17.2. The Morgan fingerprint density at radius 1 is 0.846 bits per heavy atom. The van der Waals surface area contributed by atoms with Crippen LogP contribution in [0.25, 0.3) is 0 Å². The van der Waals surface area contributed by atoms with Gasteiger partial charge in [-0.2, -0.15) is 5.10 Å². The topological polar surface area (TPSA) is 83.7 Å². The van der Waals surface area contributed by atoms with E-state index in [-0.39, 0.29) is 17.6 Å². The van der Waals surface area contributed by atoms with Crippen LogP contribution in [0.15, 0.2) is 82.5 Å². The molecule has 0 spiro atoms. The van der Waals surface area contributed by atoms with Crippen LogP contribution < -0.4 is 10.7 Å². The van der Waals surface area contributed by atoms with Crippen LogP contribution in [0.5, 0.6) is 0 Å². The fraction of sp³-hybridized carbons (Fsp3) is 0.0500. The smallest absolute Gasteiger partial charge is 0.291 e. The monoisotopic (exact) mass is 347 g/mol. The average molecular weight is 347 g/mol. The molecule has 1 aromatic heterocycles. The molecule has 0 saturated heterocycles. The second-order valence-corrected chi connectivity index (χ2v) is 5.51. The number of nitrogens with zero attached hydrogens (tertiary/aromatic N) is 1. The second-order valence-electron chi connectivity index (χ2n) is 5.51. The molecule has 0 unspecified atom stereocenters. The largest absolute Gasteiger partial charge is 0.459 e. The number of carbonyl (C=O) groups is 2. The standard InChI is InChI=1S/C20H17N3O3/c1-14(22-23-19(24)16-6-3-2-4-7-16)15-9-11-17(12-10-15)21-20(25)18-8-5-13-26-18/h2-13H,1H3,(H,21,25)(H,23,24)/b22-14+. The van der Waals surface area contributed by atoms with E-state index in [2.05, 4.69) is 15.8 Å². The molecule has 1 heterocycles. The number of benzene rings is 2. The molecule has 2 amide bonds. The van der Waals surface area contributed by atoms with Gasteiger partial charge in [0.2, 0.25) is 0 Å². The lowest BCUT2D eigenvalue weighted by Crippen LogP contribution is -2.19. The third-order valence-corrected chi connectivity index (χ3v) is 3.67. The minimum Gasteiger partial charge on any atom is -0.459 e. The maximum atomic E-state index is 12.0. The minimum absolute atomic E-state index is 0.246. The molecule has 0 bridgehead atoms. The highest BCUT2D eigenvalue weighted by Crippen LogP contribution is 2.12. The molecule has 0 atom stereocenters. The number of amides is 2. The van der Waals surface area contributed by atoms with Gasteiger partial charge in [-0.3, -0.25) is 9.59 Å². The molecule has 3 aromatic rings. The Kier molecular flexibility index (Phi) is 5.24. The highest BCUT2D eigenvalue weighted by molar-refractivity contribution is 6.03. The van der Waals surface area contributed by atoms with Crippen molar-refractivity contribution in [1.82, 2.24) is 5.43 Å².